The van der Waals surface area contributed by atoms with Gasteiger partial charge in [0.2, 0.25) is 5.78 Å². The van der Waals surface area contributed by atoms with Crippen molar-refractivity contribution in [2.75, 3.05) is 6.61 Å². The van der Waals surface area contributed by atoms with Gasteiger partial charge in [-0.3, -0.25) is 14.9 Å². The predicted octanol–water partition coefficient (Wildman–Crippen LogP) is 4.54. The molecule has 11 heteroatoms. The van der Waals surface area contributed by atoms with E-state index in [1.54, 1.807) is 0 Å². The molecule has 0 saturated carbocycles. The van der Waals surface area contributed by atoms with E-state index in [0.717, 1.165) is 18.2 Å². The van der Waals surface area contributed by atoms with Gasteiger partial charge < -0.3 is 9.47 Å². The van der Waals surface area contributed by atoms with Crippen molar-refractivity contribution in [1.82, 2.24) is 0 Å². The summed E-state index contributed by atoms with van der Waals surface area (Å²) in [6.45, 7) is 1.29. The molecule has 1 atom stereocenters. The highest BCUT2D eigenvalue weighted by Crippen LogP contribution is 2.36. The van der Waals surface area contributed by atoms with E-state index in [1.807, 2.05) is 0 Å². The van der Waals surface area contributed by atoms with Crippen molar-refractivity contribution in [3.63, 3.8) is 0 Å². The van der Waals surface area contributed by atoms with Gasteiger partial charge >= 0.3 is 18.2 Å². The molecule has 29 heavy (non-hydrogen) atoms. The van der Waals surface area contributed by atoms with Crippen LogP contribution in [-0.4, -0.2) is 29.3 Å². The third kappa shape index (κ3) is 5.44. The number of alkyl halides is 3. The zero-order valence-corrected chi connectivity index (χ0v) is 15.5. The Balaban J connectivity index is 2.28. The summed E-state index contributed by atoms with van der Waals surface area (Å²) < 4.78 is 48.0. The van der Waals surface area contributed by atoms with Crippen LogP contribution in [0.5, 0.6) is 11.5 Å². The zero-order chi connectivity index (χ0) is 21.8. The van der Waals surface area contributed by atoms with Crippen molar-refractivity contribution in [3.05, 3.63) is 68.7 Å². The van der Waals surface area contributed by atoms with Crippen molar-refractivity contribution in [2.24, 2.45) is 0 Å². The Labute approximate surface area is 167 Å². The summed E-state index contributed by atoms with van der Waals surface area (Å²) in [7, 11) is 0. The monoisotopic (exact) mass is 431 g/mol. The maximum atomic E-state index is 12.7. The molecule has 2 aromatic carbocycles. The van der Waals surface area contributed by atoms with Gasteiger partial charge in [-0.15, -0.1) is 0 Å². The Morgan fingerprint density at radius 3 is 2.45 bits per heavy atom. The molecule has 0 aliphatic heterocycles. The molecular formula is C18H13ClF3NO6. The number of carbonyl (C=O) groups is 2. The van der Waals surface area contributed by atoms with Crippen LogP contribution in [0.15, 0.2) is 42.5 Å². The average molecular weight is 432 g/mol. The number of benzene rings is 2. The van der Waals surface area contributed by atoms with Crippen molar-refractivity contribution in [1.29, 1.82) is 0 Å². The number of ether oxygens (including phenoxy) is 2. The molecule has 0 aliphatic rings. The number of esters is 1. The molecule has 2 rings (SSSR count). The third-order valence-corrected chi connectivity index (χ3v) is 3.87. The lowest BCUT2D eigenvalue weighted by Crippen LogP contribution is -2.39. The molecule has 2 aromatic rings. The first-order chi connectivity index (χ1) is 13.5. The zero-order valence-electron chi connectivity index (χ0n) is 14.7. The first-order valence-electron chi connectivity index (χ1n) is 8.03. The van der Waals surface area contributed by atoms with E-state index in [4.69, 9.17) is 16.3 Å². The molecule has 0 N–H and O–H groups in total. The molecule has 0 bridgehead atoms. The lowest BCUT2D eigenvalue weighted by Gasteiger charge is -2.12. The Hall–Kier alpha value is -3.14. The molecule has 154 valence electrons. The second-order valence-corrected chi connectivity index (χ2v) is 5.98. The molecule has 0 spiro atoms. The molecule has 0 amide bonds. The largest absolute Gasteiger partial charge is 0.461 e. The van der Waals surface area contributed by atoms with E-state index in [-0.39, 0.29) is 28.7 Å². The van der Waals surface area contributed by atoms with Crippen LogP contribution in [0.2, 0.25) is 5.02 Å². The number of rotatable bonds is 7. The van der Waals surface area contributed by atoms with Gasteiger partial charge in [-0.05, 0) is 37.3 Å². The average Bonchev–Trinajstić information content (AvgIpc) is 2.62. The van der Waals surface area contributed by atoms with Crippen molar-refractivity contribution in [3.8, 4) is 11.5 Å². The minimum absolute atomic E-state index is 0.0246. The van der Waals surface area contributed by atoms with Crippen LogP contribution >= 0.6 is 11.6 Å². The van der Waals surface area contributed by atoms with E-state index in [2.05, 4.69) is 4.74 Å². The summed E-state index contributed by atoms with van der Waals surface area (Å²) >= 11 is 5.81. The number of nitrogens with zero attached hydrogens (tertiary/aromatic N) is 1. The van der Waals surface area contributed by atoms with Gasteiger partial charge in [-0.1, -0.05) is 23.7 Å². The fourth-order valence-corrected chi connectivity index (χ4v) is 2.49. The standard InChI is InChI=1S/C18H13ClF3NO6/c1-2-28-17(25)15(23(26)27)16(24)10-4-3-5-12(8-10)29-14-7-6-11(9-13(14)19)18(20,21)22/h3-9,15H,2H2,1H3. The summed E-state index contributed by atoms with van der Waals surface area (Å²) in [6, 6.07) is 5.19. The fourth-order valence-electron chi connectivity index (χ4n) is 2.27. The topological polar surface area (TPSA) is 95.7 Å². The number of Topliss-reactive ketones (excluding diaryl/α,β-unsaturated/α-hetero) is 1. The molecule has 0 aromatic heterocycles. The van der Waals surface area contributed by atoms with E-state index in [1.165, 1.54) is 25.1 Å². The minimum atomic E-state index is -4.58. The summed E-state index contributed by atoms with van der Waals surface area (Å²) in [5, 5.41) is 10.8. The summed E-state index contributed by atoms with van der Waals surface area (Å²) in [4.78, 5) is 34.1. The normalized spacial score (nSPS) is 12.2. The van der Waals surface area contributed by atoms with Gasteiger partial charge in [0, 0.05) is 10.5 Å². The molecule has 0 heterocycles. The Morgan fingerprint density at radius 1 is 1.21 bits per heavy atom. The van der Waals surface area contributed by atoms with E-state index in [0.29, 0.717) is 6.07 Å². The molecular weight excluding hydrogens is 419 g/mol. The third-order valence-electron chi connectivity index (χ3n) is 3.57. The summed E-state index contributed by atoms with van der Waals surface area (Å²) in [5.74, 6) is -2.58. The number of hydrogen-bond acceptors (Lipinski definition) is 6. The Bertz CT molecular complexity index is 947. The van der Waals surface area contributed by atoms with E-state index in [9.17, 15) is 32.9 Å². The summed E-state index contributed by atoms with van der Waals surface area (Å²) in [6.07, 6.45) is -4.58. The predicted molar refractivity (Wildman–Crippen MR) is 94.7 cm³/mol. The Morgan fingerprint density at radius 2 is 1.90 bits per heavy atom. The van der Waals surface area contributed by atoms with Crippen LogP contribution in [0, 0.1) is 10.1 Å². The lowest BCUT2D eigenvalue weighted by atomic mass is 10.0. The first-order valence-corrected chi connectivity index (χ1v) is 8.41. The molecule has 0 radical (unpaired) electrons. The summed E-state index contributed by atoms with van der Waals surface area (Å²) in [5.41, 5.74) is -1.19. The molecule has 7 nitrogen and oxygen atoms in total. The quantitative estimate of drug-likeness (QED) is 0.210. The fraction of sp³-hybridized carbons (Fsp3) is 0.222. The van der Waals surface area contributed by atoms with Crippen molar-refractivity contribution >= 4 is 23.4 Å². The van der Waals surface area contributed by atoms with Crippen LogP contribution < -0.4 is 4.74 Å². The second-order valence-electron chi connectivity index (χ2n) is 5.58. The highest BCUT2D eigenvalue weighted by molar-refractivity contribution is 6.32. The highest BCUT2D eigenvalue weighted by atomic mass is 35.5. The van der Waals surface area contributed by atoms with Crippen LogP contribution in [0.1, 0.15) is 22.8 Å². The van der Waals surface area contributed by atoms with Crippen LogP contribution in [-0.2, 0) is 15.7 Å². The van der Waals surface area contributed by atoms with Crippen molar-refractivity contribution in [2.45, 2.75) is 19.1 Å². The van der Waals surface area contributed by atoms with Gasteiger partial charge in [0.05, 0.1) is 17.2 Å². The van der Waals surface area contributed by atoms with Crippen LogP contribution in [0.25, 0.3) is 0 Å². The van der Waals surface area contributed by atoms with Crippen LogP contribution in [0.4, 0.5) is 13.2 Å². The van der Waals surface area contributed by atoms with Gasteiger partial charge in [0.1, 0.15) is 11.5 Å². The highest BCUT2D eigenvalue weighted by Gasteiger charge is 2.40. The lowest BCUT2D eigenvalue weighted by molar-refractivity contribution is -0.494. The Kier molecular flexibility index (Phi) is 6.80. The molecule has 1 unspecified atom stereocenters. The number of ketones is 1. The molecule has 0 fully saturated rings. The number of halogens is 4. The second kappa shape index (κ2) is 8.91. The van der Waals surface area contributed by atoms with Crippen molar-refractivity contribution < 1.29 is 37.2 Å². The first kappa shape index (κ1) is 22.2. The van der Waals surface area contributed by atoms with Crippen LogP contribution in [0.3, 0.4) is 0 Å². The maximum Gasteiger partial charge on any atom is 0.416 e. The van der Waals surface area contributed by atoms with Gasteiger partial charge in [0.25, 0.3) is 0 Å². The SMILES string of the molecule is CCOC(=O)C(C(=O)c1cccc(Oc2ccc(C(F)(F)F)cc2Cl)c1)[N+](=O)[O-]. The van der Waals surface area contributed by atoms with E-state index >= 15 is 0 Å². The van der Waals surface area contributed by atoms with Gasteiger partial charge in [0.15, 0.2) is 0 Å². The smallest absolute Gasteiger partial charge is 0.416 e. The number of carbonyl (C=O) groups excluding carboxylic acids is 2. The number of hydrogen-bond donors (Lipinski definition) is 0. The van der Waals surface area contributed by atoms with Gasteiger partial charge in [-0.25, -0.2) is 4.79 Å². The molecule has 0 aliphatic carbocycles. The van der Waals surface area contributed by atoms with Gasteiger partial charge in [-0.2, -0.15) is 13.2 Å². The number of nitro groups is 1. The minimum Gasteiger partial charge on any atom is -0.461 e. The maximum absolute atomic E-state index is 12.7. The van der Waals surface area contributed by atoms with E-state index < -0.39 is 34.5 Å². The molecule has 0 saturated heterocycles.